The standard InChI is InChI=1S/C10H21NO2/c1-8(2)10-6-9(7-11-10)13-5-4-12-3/h8-11H,4-7H2,1-3H3. The van der Waals surface area contributed by atoms with Crippen LogP contribution in [0.15, 0.2) is 0 Å². The summed E-state index contributed by atoms with van der Waals surface area (Å²) in [5.74, 6) is 0.705. The fourth-order valence-corrected chi connectivity index (χ4v) is 1.67. The van der Waals surface area contributed by atoms with Gasteiger partial charge in [-0.3, -0.25) is 0 Å². The van der Waals surface area contributed by atoms with Crippen molar-refractivity contribution in [2.45, 2.75) is 32.4 Å². The van der Waals surface area contributed by atoms with E-state index in [0.29, 0.717) is 31.3 Å². The smallest absolute Gasteiger partial charge is 0.0715 e. The van der Waals surface area contributed by atoms with Gasteiger partial charge in [-0.2, -0.15) is 0 Å². The molecule has 13 heavy (non-hydrogen) atoms. The summed E-state index contributed by atoms with van der Waals surface area (Å²) in [7, 11) is 1.70. The van der Waals surface area contributed by atoms with Crippen LogP contribution in [-0.2, 0) is 9.47 Å². The summed E-state index contributed by atoms with van der Waals surface area (Å²) in [5, 5.41) is 3.47. The molecule has 0 saturated carbocycles. The summed E-state index contributed by atoms with van der Waals surface area (Å²) in [4.78, 5) is 0. The van der Waals surface area contributed by atoms with Crippen LogP contribution in [0.25, 0.3) is 0 Å². The monoisotopic (exact) mass is 187 g/mol. The van der Waals surface area contributed by atoms with Crippen molar-refractivity contribution in [3.8, 4) is 0 Å². The molecule has 3 nitrogen and oxygen atoms in total. The lowest BCUT2D eigenvalue weighted by Gasteiger charge is -2.14. The number of rotatable bonds is 5. The molecule has 2 unspecified atom stereocenters. The molecule has 0 bridgehead atoms. The molecule has 0 radical (unpaired) electrons. The Labute approximate surface area is 80.8 Å². The minimum atomic E-state index is 0.391. The predicted octanol–water partition coefficient (Wildman–Crippen LogP) is 1.04. The maximum absolute atomic E-state index is 5.64. The van der Waals surface area contributed by atoms with Gasteiger partial charge in [0.15, 0.2) is 0 Å². The van der Waals surface area contributed by atoms with Crippen LogP contribution in [0.2, 0.25) is 0 Å². The third-order valence-corrected chi connectivity index (χ3v) is 2.57. The van der Waals surface area contributed by atoms with Gasteiger partial charge in [-0.1, -0.05) is 13.8 Å². The van der Waals surface area contributed by atoms with Crippen molar-refractivity contribution in [3.63, 3.8) is 0 Å². The Hall–Kier alpha value is -0.120. The van der Waals surface area contributed by atoms with Crippen LogP contribution in [-0.4, -0.2) is 39.0 Å². The summed E-state index contributed by atoms with van der Waals surface area (Å²) in [6.07, 6.45) is 1.53. The van der Waals surface area contributed by atoms with Crippen LogP contribution in [0.5, 0.6) is 0 Å². The maximum atomic E-state index is 5.64. The van der Waals surface area contributed by atoms with E-state index in [4.69, 9.17) is 9.47 Å². The molecule has 1 rings (SSSR count). The molecule has 1 heterocycles. The van der Waals surface area contributed by atoms with Crippen molar-refractivity contribution in [1.29, 1.82) is 0 Å². The van der Waals surface area contributed by atoms with Gasteiger partial charge in [0.05, 0.1) is 19.3 Å². The first-order valence-electron chi connectivity index (χ1n) is 5.08. The van der Waals surface area contributed by atoms with Gasteiger partial charge in [0.25, 0.3) is 0 Å². The molecule has 1 aliphatic rings. The molecule has 0 aromatic rings. The molecular weight excluding hydrogens is 166 g/mol. The van der Waals surface area contributed by atoms with E-state index in [-0.39, 0.29) is 0 Å². The zero-order valence-electron chi connectivity index (χ0n) is 8.88. The summed E-state index contributed by atoms with van der Waals surface area (Å²) in [6.45, 7) is 6.90. The summed E-state index contributed by atoms with van der Waals surface area (Å²) >= 11 is 0. The third-order valence-electron chi connectivity index (χ3n) is 2.57. The molecule has 78 valence electrons. The molecular formula is C10H21NO2. The molecule has 1 fully saturated rings. The Kier molecular flexibility index (Phi) is 4.70. The minimum absolute atomic E-state index is 0.391. The normalized spacial score (nSPS) is 28.6. The molecule has 0 amide bonds. The number of hydrogen-bond acceptors (Lipinski definition) is 3. The number of ether oxygens (including phenoxy) is 2. The first-order valence-corrected chi connectivity index (χ1v) is 5.08. The largest absolute Gasteiger partial charge is 0.382 e. The van der Waals surface area contributed by atoms with Gasteiger partial charge < -0.3 is 14.8 Å². The number of methoxy groups -OCH3 is 1. The highest BCUT2D eigenvalue weighted by atomic mass is 16.5. The molecule has 0 aliphatic carbocycles. The van der Waals surface area contributed by atoms with Gasteiger partial charge in [0.1, 0.15) is 0 Å². The molecule has 1 saturated heterocycles. The molecule has 1 N–H and O–H groups in total. The van der Waals surface area contributed by atoms with Crippen molar-refractivity contribution >= 4 is 0 Å². The highest BCUT2D eigenvalue weighted by molar-refractivity contribution is 4.84. The SMILES string of the molecule is COCCOC1CNC(C(C)C)C1. The number of hydrogen-bond donors (Lipinski definition) is 1. The lowest BCUT2D eigenvalue weighted by atomic mass is 10.0. The second kappa shape index (κ2) is 5.58. The first-order chi connectivity index (χ1) is 6.24. The van der Waals surface area contributed by atoms with Gasteiger partial charge in [-0.05, 0) is 12.3 Å². The molecule has 0 aromatic carbocycles. The van der Waals surface area contributed by atoms with E-state index < -0.39 is 0 Å². The minimum Gasteiger partial charge on any atom is -0.382 e. The maximum Gasteiger partial charge on any atom is 0.0715 e. The van der Waals surface area contributed by atoms with E-state index in [9.17, 15) is 0 Å². The fourth-order valence-electron chi connectivity index (χ4n) is 1.67. The van der Waals surface area contributed by atoms with Crippen molar-refractivity contribution in [1.82, 2.24) is 5.32 Å². The van der Waals surface area contributed by atoms with E-state index in [0.717, 1.165) is 13.0 Å². The highest BCUT2D eigenvalue weighted by Crippen LogP contribution is 2.16. The highest BCUT2D eigenvalue weighted by Gasteiger charge is 2.26. The van der Waals surface area contributed by atoms with Gasteiger partial charge >= 0.3 is 0 Å². The average molecular weight is 187 g/mol. The van der Waals surface area contributed by atoms with Crippen molar-refractivity contribution < 1.29 is 9.47 Å². The van der Waals surface area contributed by atoms with E-state index >= 15 is 0 Å². The zero-order valence-corrected chi connectivity index (χ0v) is 8.88. The summed E-state index contributed by atoms with van der Waals surface area (Å²) in [5.41, 5.74) is 0. The van der Waals surface area contributed by atoms with Crippen LogP contribution in [0, 0.1) is 5.92 Å². The average Bonchev–Trinajstić information content (AvgIpc) is 2.53. The van der Waals surface area contributed by atoms with Crippen LogP contribution in [0.4, 0.5) is 0 Å². The Morgan fingerprint density at radius 2 is 2.15 bits per heavy atom. The Bertz CT molecular complexity index is 139. The second-order valence-corrected chi connectivity index (χ2v) is 3.98. The zero-order chi connectivity index (χ0) is 9.68. The van der Waals surface area contributed by atoms with Crippen molar-refractivity contribution in [2.24, 2.45) is 5.92 Å². The van der Waals surface area contributed by atoms with Crippen LogP contribution < -0.4 is 5.32 Å². The molecule has 0 spiro atoms. The van der Waals surface area contributed by atoms with E-state index in [1.807, 2.05) is 0 Å². The lowest BCUT2D eigenvalue weighted by Crippen LogP contribution is -2.26. The van der Waals surface area contributed by atoms with Gasteiger partial charge in [-0.25, -0.2) is 0 Å². The number of nitrogens with one attached hydrogen (secondary N) is 1. The van der Waals surface area contributed by atoms with Crippen LogP contribution >= 0.6 is 0 Å². The quantitative estimate of drug-likeness (QED) is 0.652. The molecule has 1 aliphatic heterocycles. The second-order valence-electron chi connectivity index (χ2n) is 3.98. The van der Waals surface area contributed by atoms with Crippen molar-refractivity contribution in [2.75, 3.05) is 26.9 Å². The van der Waals surface area contributed by atoms with Crippen LogP contribution in [0.1, 0.15) is 20.3 Å². The van der Waals surface area contributed by atoms with E-state index in [1.54, 1.807) is 7.11 Å². The Balaban J connectivity index is 2.10. The molecule has 2 atom stereocenters. The first kappa shape index (κ1) is 11.0. The lowest BCUT2D eigenvalue weighted by molar-refractivity contribution is 0.0255. The Morgan fingerprint density at radius 1 is 1.38 bits per heavy atom. The summed E-state index contributed by atoms with van der Waals surface area (Å²) < 4.78 is 10.6. The fraction of sp³-hybridized carbons (Fsp3) is 1.00. The third kappa shape index (κ3) is 3.63. The summed E-state index contributed by atoms with van der Waals surface area (Å²) in [6, 6.07) is 0.632. The van der Waals surface area contributed by atoms with Gasteiger partial charge in [0, 0.05) is 19.7 Å². The molecule has 0 aromatic heterocycles. The molecule has 3 heteroatoms. The van der Waals surface area contributed by atoms with E-state index in [1.165, 1.54) is 0 Å². The van der Waals surface area contributed by atoms with Gasteiger partial charge in [-0.15, -0.1) is 0 Å². The van der Waals surface area contributed by atoms with Crippen LogP contribution in [0.3, 0.4) is 0 Å². The van der Waals surface area contributed by atoms with Crippen molar-refractivity contribution in [3.05, 3.63) is 0 Å². The van der Waals surface area contributed by atoms with Gasteiger partial charge in [0.2, 0.25) is 0 Å². The topological polar surface area (TPSA) is 30.5 Å². The Morgan fingerprint density at radius 3 is 2.69 bits per heavy atom. The predicted molar refractivity (Wildman–Crippen MR) is 52.9 cm³/mol. The van der Waals surface area contributed by atoms with E-state index in [2.05, 4.69) is 19.2 Å².